The van der Waals surface area contributed by atoms with Crippen LogP contribution in [0.15, 0.2) is 0 Å². The number of hydrogen-bond acceptors (Lipinski definition) is 3. The van der Waals surface area contributed by atoms with Crippen molar-refractivity contribution in [2.24, 2.45) is 11.8 Å². The average molecular weight is 226 g/mol. The summed E-state index contributed by atoms with van der Waals surface area (Å²) in [5.74, 6) is 1.66. The van der Waals surface area contributed by atoms with Gasteiger partial charge in [-0.25, -0.2) is 0 Å². The Morgan fingerprint density at radius 3 is 2.75 bits per heavy atom. The van der Waals surface area contributed by atoms with E-state index in [1.165, 1.54) is 38.9 Å². The zero-order chi connectivity index (χ0) is 11.4. The minimum Gasteiger partial charge on any atom is -0.377 e. The molecule has 0 bridgehead atoms. The van der Waals surface area contributed by atoms with Crippen LogP contribution in [-0.2, 0) is 4.74 Å². The number of hydrogen-bond donors (Lipinski definition) is 1. The molecule has 94 valence electrons. The van der Waals surface area contributed by atoms with Gasteiger partial charge >= 0.3 is 0 Å². The maximum Gasteiger partial charge on any atom is 0.0701 e. The van der Waals surface area contributed by atoms with Gasteiger partial charge in [-0.2, -0.15) is 0 Å². The van der Waals surface area contributed by atoms with Crippen molar-refractivity contribution < 1.29 is 4.74 Å². The first-order valence-electron chi connectivity index (χ1n) is 6.76. The number of nitrogens with one attached hydrogen (secondary N) is 1. The van der Waals surface area contributed by atoms with Crippen LogP contribution >= 0.6 is 0 Å². The summed E-state index contributed by atoms with van der Waals surface area (Å²) in [5, 5.41) is 3.47. The summed E-state index contributed by atoms with van der Waals surface area (Å²) in [6.45, 7) is 8.04. The van der Waals surface area contributed by atoms with Crippen molar-refractivity contribution in [3.63, 3.8) is 0 Å². The summed E-state index contributed by atoms with van der Waals surface area (Å²) in [7, 11) is 2.24. The maximum absolute atomic E-state index is 5.78. The van der Waals surface area contributed by atoms with E-state index in [1.54, 1.807) is 0 Å². The van der Waals surface area contributed by atoms with Gasteiger partial charge in [-0.15, -0.1) is 0 Å². The molecule has 0 saturated carbocycles. The highest BCUT2D eigenvalue weighted by atomic mass is 16.5. The number of rotatable bonds is 4. The summed E-state index contributed by atoms with van der Waals surface area (Å²) in [5.41, 5.74) is 0. The molecular weight excluding hydrogens is 200 g/mol. The number of nitrogens with zero attached hydrogens (tertiary/aromatic N) is 1. The summed E-state index contributed by atoms with van der Waals surface area (Å²) in [4.78, 5) is 2.46. The zero-order valence-corrected chi connectivity index (χ0v) is 10.7. The molecule has 2 aliphatic rings. The second-order valence-electron chi connectivity index (χ2n) is 5.61. The van der Waals surface area contributed by atoms with Crippen LogP contribution in [0.1, 0.15) is 26.2 Å². The normalized spacial score (nSPS) is 35.8. The third-order valence-corrected chi connectivity index (χ3v) is 4.01. The lowest BCUT2D eigenvalue weighted by molar-refractivity contribution is -0.00377. The predicted octanol–water partition coefficient (Wildman–Crippen LogP) is 1.34. The Kier molecular flexibility index (Phi) is 4.62. The fraction of sp³-hybridized carbons (Fsp3) is 1.00. The maximum atomic E-state index is 5.78. The molecule has 3 atom stereocenters. The SMILES string of the molecule is CC1CNCC1CN(C)CC1CCCCO1. The van der Waals surface area contributed by atoms with Gasteiger partial charge in [0.05, 0.1) is 6.10 Å². The Bertz CT molecular complexity index is 204. The molecule has 2 rings (SSSR count). The van der Waals surface area contributed by atoms with E-state index in [9.17, 15) is 0 Å². The largest absolute Gasteiger partial charge is 0.377 e. The first-order chi connectivity index (χ1) is 7.75. The van der Waals surface area contributed by atoms with E-state index in [2.05, 4.69) is 24.2 Å². The van der Waals surface area contributed by atoms with Gasteiger partial charge in [0.1, 0.15) is 0 Å². The molecular formula is C13H26N2O. The van der Waals surface area contributed by atoms with Crippen molar-refractivity contribution in [3.8, 4) is 0 Å². The molecule has 16 heavy (non-hydrogen) atoms. The molecule has 2 saturated heterocycles. The van der Waals surface area contributed by atoms with Crippen LogP contribution in [0, 0.1) is 11.8 Å². The minimum atomic E-state index is 0.489. The molecule has 3 nitrogen and oxygen atoms in total. The van der Waals surface area contributed by atoms with Gasteiger partial charge in [0, 0.05) is 19.7 Å². The van der Waals surface area contributed by atoms with Gasteiger partial charge < -0.3 is 15.0 Å². The van der Waals surface area contributed by atoms with Crippen LogP contribution in [0.3, 0.4) is 0 Å². The molecule has 0 aromatic rings. The summed E-state index contributed by atoms with van der Waals surface area (Å²) < 4.78 is 5.78. The van der Waals surface area contributed by atoms with E-state index in [4.69, 9.17) is 4.74 Å². The van der Waals surface area contributed by atoms with E-state index < -0.39 is 0 Å². The van der Waals surface area contributed by atoms with E-state index >= 15 is 0 Å². The lowest BCUT2D eigenvalue weighted by Crippen LogP contribution is -2.37. The second kappa shape index (κ2) is 5.99. The van der Waals surface area contributed by atoms with Crippen molar-refractivity contribution >= 4 is 0 Å². The minimum absolute atomic E-state index is 0.489. The quantitative estimate of drug-likeness (QED) is 0.783. The van der Waals surface area contributed by atoms with Crippen LogP contribution in [0.5, 0.6) is 0 Å². The van der Waals surface area contributed by atoms with Crippen LogP contribution in [0.4, 0.5) is 0 Å². The fourth-order valence-electron chi connectivity index (χ4n) is 2.88. The van der Waals surface area contributed by atoms with Crippen molar-refractivity contribution in [1.82, 2.24) is 10.2 Å². The number of likely N-dealkylation sites (N-methyl/N-ethyl adjacent to an activating group) is 1. The lowest BCUT2D eigenvalue weighted by atomic mass is 9.97. The predicted molar refractivity (Wildman–Crippen MR) is 66.6 cm³/mol. The Labute approximate surface area is 99.5 Å². The molecule has 0 radical (unpaired) electrons. The molecule has 2 aliphatic heterocycles. The molecule has 0 spiro atoms. The summed E-state index contributed by atoms with van der Waals surface area (Å²) >= 11 is 0. The fourth-order valence-corrected chi connectivity index (χ4v) is 2.88. The molecule has 0 aromatic carbocycles. The molecule has 1 N–H and O–H groups in total. The Hall–Kier alpha value is -0.120. The molecule has 0 aliphatic carbocycles. The van der Waals surface area contributed by atoms with Crippen molar-refractivity contribution in [1.29, 1.82) is 0 Å². The van der Waals surface area contributed by atoms with Crippen molar-refractivity contribution in [2.75, 3.05) is 39.8 Å². The summed E-state index contributed by atoms with van der Waals surface area (Å²) in [6, 6.07) is 0. The van der Waals surface area contributed by atoms with Gasteiger partial charge in [-0.05, 0) is 51.2 Å². The highest BCUT2D eigenvalue weighted by molar-refractivity contribution is 4.80. The smallest absolute Gasteiger partial charge is 0.0701 e. The molecule has 0 aromatic heterocycles. The van der Waals surface area contributed by atoms with Gasteiger partial charge in [0.25, 0.3) is 0 Å². The standard InChI is InChI=1S/C13H26N2O/c1-11-7-14-8-12(11)9-15(2)10-13-5-3-4-6-16-13/h11-14H,3-10H2,1-2H3. The van der Waals surface area contributed by atoms with Crippen LogP contribution in [0.2, 0.25) is 0 Å². The van der Waals surface area contributed by atoms with Gasteiger partial charge in [0.15, 0.2) is 0 Å². The Morgan fingerprint density at radius 2 is 2.12 bits per heavy atom. The highest BCUT2D eigenvalue weighted by Crippen LogP contribution is 2.18. The molecule has 3 unspecified atom stereocenters. The zero-order valence-electron chi connectivity index (χ0n) is 10.7. The topological polar surface area (TPSA) is 24.5 Å². The van der Waals surface area contributed by atoms with Crippen molar-refractivity contribution in [3.05, 3.63) is 0 Å². The lowest BCUT2D eigenvalue weighted by Gasteiger charge is -2.29. The highest BCUT2D eigenvalue weighted by Gasteiger charge is 2.25. The molecule has 3 heteroatoms. The van der Waals surface area contributed by atoms with Crippen LogP contribution < -0.4 is 5.32 Å². The average Bonchev–Trinajstić information content (AvgIpc) is 2.66. The van der Waals surface area contributed by atoms with E-state index in [0.29, 0.717) is 6.10 Å². The molecule has 2 heterocycles. The first kappa shape index (κ1) is 12.3. The summed E-state index contributed by atoms with van der Waals surface area (Å²) in [6.07, 6.45) is 4.34. The number of ether oxygens (including phenoxy) is 1. The van der Waals surface area contributed by atoms with E-state index in [0.717, 1.165) is 25.0 Å². The van der Waals surface area contributed by atoms with Gasteiger partial charge in [-0.1, -0.05) is 6.92 Å². The third-order valence-electron chi connectivity index (χ3n) is 4.01. The van der Waals surface area contributed by atoms with Gasteiger partial charge in [0.2, 0.25) is 0 Å². The molecule has 0 amide bonds. The second-order valence-corrected chi connectivity index (χ2v) is 5.61. The first-order valence-corrected chi connectivity index (χ1v) is 6.76. The third kappa shape index (κ3) is 3.44. The van der Waals surface area contributed by atoms with Gasteiger partial charge in [-0.3, -0.25) is 0 Å². The van der Waals surface area contributed by atoms with Crippen LogP contribution in [-0.4, -0.2) is 50.8 Å². The van der Waals surface area contributed by atoms with Crippen LogP contribution in [0.25, 0.3) is 0 Å². The van der Waals surface area contributed by atoms with E-state index in [1.807, 2.05) is 0 Å². The van der Waals surface area contributed by atoms with Crippen molar-refractivity contribution in [2.45, 2.75) is 32.3 Å². The van der Waals surface area contributed by atoms with E-state index in [-0.39, 0.29) is 0 Å². The Balaban J connectivity index is 1.68. The monoisotopic (exact) mass is 226 g/mol. The Morgan fingerprint density at radius 1 is 1.25 bits per heavy atom. The molecule has 2 fully saturated rings.